The molecule has 3 heterocycles. The smallest absolute Gasteiger partial charge is 0.151 e. The maximum atomic E-state index is 4.61. The average molecular weight is 332 g/mol. The Kier molecular flexibility index (Phi) is 3.47. The molecular weight excluding hydrogens is 312 g/mol. The van der Waals surface area contributed by atoms with Crippen LogP contribution in [0.2, 0.25) is 0 Å². The van der Waals surface area contributed by atoms with Crippen molar-refractivity contribution in [1.29, 1.82) is 0 Å². The first-order valence-electron chi connectivity index (χ1n) is 8.91. The predicted molar refractivity (Wildman–Crippen MR) is 97.8 cm³/mol. The minimum atomic E-state index is 0.600. The second-order valence-electron chi connectivity index (χ2n) is 6.92. The molecule has 3 aromatic rings. The van der Waals surface area contributed by atoms with Crippen molar-refractivity contribution < 1.29 is 0 Å². The number of rotatable bonds is 4. The summed E-state index contributed by atoms with van der Waals surface area (Å²) in [5, 5.41) is 12.2. The zero-order valence-corrected chi connectivity index (χ0v) is 14.0. The molecule has 25 heavy (non-hydrogen) atoms. The number of aromatic nitrogens is 4. The summed E-state index contributed by atoms with van der Waals surface area (Å²) in [6.45, 7) is 2.94. The molecular formula is C19H20N6. The van der Waals surface area contributed by atoms with Gasteiger partial charge in [0.15, 0.2) is 5.82 Å². The molecule has 0 spiro atoms. The number of nitrogens with zero attached hydrogens (tertiary/aromatic N) is 5. The number of benzene rings is 1. The second kappa shape index (κ2) is 5.95. The lowest BCUT2D eigenvalue weighted by molar-refractivity contribution is 0.425. The van der Waals surface area contributed by atoms with Gasteiger partial charge in [-0.05, 0) is 43.0 Å². The monoisotopic (exact) mass is 332 g/mol. The molecule has 0 radical (unpaired) electrons. The van der Waals surface area contributed by atoms with Gasteiger partial charge in [-0.1, -0.05) is 12.1 Å². The van der Waals surface area contributed by atoms with Gasteiger partial charge in [-0.3, -0.25) is 4.98 Å². The van der Waals surface area contributed by atoms with Gasteiger partial charge in [-0.15, -0.1) is 5.10 Å². The van der Waals surface area contributed by atoms with Gasteiger partial charge >= 0.3 is 0 Å². The van der Waals surface area contributed by atoms with Crippen LogP contribution < -0.4 is 10.2 Å². The van der Waals surface area contributed by atoms with E-state index >= 15 is 0 Å². The molecule has 1 saturated heterocycles. The van der Waals surface area contributed by atoms with Crippen molar-refractivity contribution in [2.75, 3.05) is 29.9 Å². The van der Waals surface area contributed by atoms with Gasteiger partial charge < -0.3 is 10.2 Å². The summed E-state index contributed by atoms with van der Waals surface area (Å²) in [5.41, 5.74) is 4.43. The van der Waals surface area contributed by atoms with E-state index in [4.69, 9.17) is 0 Å². The molecule has 2 aliphatic rings. The Hall–Kier alpha value is -2.76. The number of fused-ring (bicyclic) bond motifs is 2. The van der Waals surface area contributed by atoms with E-state index in [1.165, 1.54) is 17.7 Å². The highest BCUT2D eigenvalue weighted by atomic mass is 15.3. The maximum Gasteiger partial charge on any atom is 0.151 e. The van der Waals surface area contributed by atoms with Crippen LogP contribution >= 0.6 is 0 Å². The van der Waals surface area contributed by atoms with Crippen LogP contribution in [0, 0.1) is 5.92 Å². The van der Waals surface area contributed by atoms with Gasteiger partial charge in [0.05, 0.1) is 22.9 Å². The summed E-state index contributed by atoms with van der Waals surface area (Å²) < 4.78 is 0. The fourth-order valence-electron chi connectivity index (χ4n) is 3.65. The standard InChI is InChI=1S/C19H20N6/c1-2-6-17-16(5-1)20-10-18(22-17)21-9-13-11-25(12-13)19-8-14-4-3-7-15(14)23-24-19/h1-2,5-6,8,10,13H,3-4,7,9,11-12H2,(H,21,22). The summed E-state index contributed by atoms with van der Waals surface area (Å²) in [6.07, 6.45) is 5.26. The fourth-order valence-corrected chi connectivity index (χ4v) is 3.65. The molecule has 1 N–H and O–H groups in total. The summed E-state index contributed by atoms with van der Waals surface area (Å²) >= 11 is 0. The van der Waals surface area contributed by atoms with E-state index in [-0.39, 0.29) is 0 Å². The van der Waals surface area contributed by atoms with Gasteiger partial charge in [-0.25, -0.2) is 4.98 Å². The van der Waals surface area contributed by atoms with E-state index in [0.29, 0.717) is 5.92 Å². The molecule has 6 nitrogen and oxygen atoms in total. The third kappa shape index (κ3) is 2.77. The zero-order chi connectivity index (χ0) is 16.6. The molecule has 0 bridgehead atoms. The minimum Gasteiger partial charge on any atom is -0.368 e. The predicted octanol–water partition coefficient (Wildman–Crippen LogP) is 2.46. The van der Waals surface area contributed by atoms with Crippen molar-refractivity contribution in [3.8, 4) is 0 Å². The van der Waals surface area contributed by atoms with Crippen molar-refractivity contribution in [2.45, 2.75) is 19.3 Å². The van der Waals surface area contributed by atoms with Crippen molar-refractivity contribution in [3.63, 3.8) is 0 Å². The third-order valence-corrected chi connectivity index (χ3v) is 5.11. The second-order valence-corrected chi connectivity index (χ2v) is 6.92. The summed E-state index contributed by atoms with van der Waals surface area (Å²) in [5.74, 6) is 2.47. The van der Waals surface area contributed by atoms with E-state index < -0.39 is 0 Å². The van der Waals surface area contributed by atoms with Crippen LogP contribution in [-0.2, 0) is 12.8 Å². The largest absolute Gasteiger partial charge is 0.368 e. The first-order chi connectivity index (χ1) is 12.3. The van der Waals surface area contributed by atoms with Gasteiger partial charge in [0, 0.05) is 25.6 Å². The summed E-state index contributed by atoms with van der Waals surface area (Å²) in [4.78, 5) is 11.4. The molecule has 0 atom stereocenters. The molecule has 1 aliphatic heterocycles. The van der Waals surface area contributed by atoms with Crippen molar-refractivity contribution in [2.24, 2.45) is 5.92 Å². The van der Waals surface area contributed by atoms with Crippen LogP contribution in [0.1, 0.15) is 17.7 Å². The van der Waals surface area contributed by atoms with E-state index in [9.17, 15) is 0 Å². The number of para-hydroxylation sites is 2. The van der Waals surface area contributed by atoms with Gasteiger partial charge in [0.25, 0.3) is 0 Å². The van der Waals surface area contributed by atoms with Crippen LogP contribution in [-0.4, -0.2) is 39.8 Å². The third-order valence-electron chi connectivity index (χ3n) is 5.11. The SMILES string of the molecule is c1ccc2nc(NCC3CN(c4cc5c(nn4)CCC5)C3)cnc2c1. The number of nitrogens with one attached hydrogen (secondary N) is 1. The number of hydrogen-bond acceptors (Lipinski definition) is 6. The molecule has 1 fully saturated rings. The van der Waals surface area contributed by atoms with Crippen LogP contribution in [0.25, 0.3) is 11.0 Å². The first-order valence-corrected chi connectivity index (χ1v) is 8.91. The molecule has 126 valence electrons. The van der Waals surface area contributed by atoms with E-state index in [1.54, 1.807) is 0 Å². The van der Waals surface area contributed by atoms with Crippen molar-refractivity contribution in [3.05, 3.63) is 47.8 Å². The Bertz CT molecular complexity index is 919. The van der Waals surface area contributed by atoms with Crippen LogP contribution in [0.4, 0.5) is 11.6 Å². The first kappa shape index (κ1) is 14.6. The topological polar surface area (TPSA) is 66.8 Å². The molecule has 2 aromatic heterocycles. The molecule has 1 aliphatic carbocycles. The molecule has 6 heteroatoms. The van der Waals surface area contributed by atoms with Crippen LogP contribution in [0.3, 0.4) is 0 Å². The lowest BCUT2D eigenvalue weighted by Crippen LogP contribution is -2.50. The van der Waals surface area contributed by atoms with Crippen molar-refractivity contribution >= 4 is 22.7 Å². The maximum absolute atomic E-state index is 4.61. The Morgan fingerprint density at radius 1 is 1.08 bits per heavy atom. The van der Waals surface area contributed by atoms with Crippen molar-refractivity contribution in [1.82, 2.24) is 20.2 Å². The van der Waals surface area contributed by atoms with Gasteiger partial charge in [-0.2, -0.15) is 5.10 Å². The Morgan fingerprint density at radius 2 is 1.96 bits per heavy atom. The highest BCUT2D eigenvalue weighted by molar-refractivity contribution is 5.75. The molecule has 5 rings (SSSR count). The lowest BCUT2D eigenvalue weighted by Gasteiger charge is -2.40. The summed E-state index contributed by atoms with van der Waals surface area (Å²) in [7, 11) is 0. The average Bonchev–Trinajstić information content (AvgIpc) is 3.08. The van der Waals surface area contributed by atoms with Gasteiger partial charge in [0.2, 0.25) is 0 Å². The number of anilines is 2. The Morgan fingerprint density at radius 3 is 2.88 bits per heavy atom. The fraction of sp³-hybridized carbons (Fsp3) is 0.368. The van der Waals surface area contributed by atoms with E-state index in [0.717, 1.165) is 55.1 Å². The summed E-state index contributed by atoms with van der Waals surface area (Å²) in [6, 6.07) is 10.2. The zero-order valence-electron chi connectivity index (χ0n) is 14.0. The highest BCUT2D eigenvalue weighted by Gasteiger charge is 2.28. The molecule has 0 amide bonds. The molecule has 0 unspecified atom stereocenters. The highest BCUT2D eigenvalue weighted by Crippen LogP contribution is 2.27. The van der Waals surface area contributed by atoms with E-state index in [1.807, 2.05) is 30.5 Å². The number of aryl methyl sites for hydroxylation is 2. The Balaban J connectivity index is 1.18. The number of hydrogen-bond donors (Lipinski definition) is 1. The van der Waals surface area contributed by atoms with E-state index in [2.05, 4.69) is 36.4 Å². The molecule has 1 aromatic carbocycles. The van der Waals surface area contributed by atoms with Gasteiger partial charge in [0.1, 0.15) is 5.82 Å². The quantitative estimate of drug-likeness (QED) is 0.792. The molecule has 0 saturated carbocycles. The van der Waals surface area contributed by atoms with Crippen LogP contribution in [0.5, 0.6) is 0 Å². The normalized spacial score (nSPS) is 16.7. The Labute approximate surface area is 146 Å². The minimum absolute atomic E-state index is 0.600. The lowest BCUT2D eigenvalue weighted by atomic mass is 10.00. The van der Waals surface area contributed by atoms with Crippen LogP contribution in [0.15, 0.2) is 36.5 Å².